The van der Waals surface area contributed by atoms with Crippen LogP contribution < -0.4 is 10.0 Å². The van der Waals surface area contributed by atoms with Gasteiger partial charge in [0, 0.05) is 5.71 Å². The molecule has 0 aromatic carbocycles. The average Bonchev–Trinajstić information content (AvgIpc) is 2.01. The number of nitrogens with zero attached hydrogens (tertiary/aromatic N) is 1. The summed E-state index contributed by atoms with van der Waals surface area (Å²) in [5.41, 5.74) is -0.0342. The second-order valence-corrected chi connectivity index (χ2v) is 4.65. The van der Waals surface area contributed by atoms with Gasteiger partial charge in [-0.3, -0.25) is 10.1 Å². The second-order valence-electron chi connectivity index (χ2n) is 2.68. The molecule has 0 aliphatic carbocycles. The SMILES string of the molecule is CNS(=O)(=O)C1C(=O)NC(=O)N=C1C. The minimum Gasteiger partial charge on any atom is -0.275 e. The maximum absolute atomic E-state index is 11.3. The molecule has 1 aliphatic rings. The predicted molar refractivity (Wildman–Crippen MR) is 48.4 cm³/mol. The van der Waals surface area contributed by atoms with Gasteiger partial charge in [0.15, 0.2) is 5.25 Å². The second kappa shape index (κ2) is 3.46. The van der Waals surface area contributed by atoms with E-state index in [4.69, 9.17) is 0 Å². The molecule has 1 rings (SSSR count). The number of hydrogen-bond acceptors (Lipinski definition) is 4. The summed E-state index contributed by atoms with van der Waals surface area (Å²) in [6.07, 6.45) is 0. The summed E-state index contributed by atoms with van der Waals surface area (Å²) in [7, 11) is -2.60. The van der Waals surface area contributed by atoms with Crippen LogP contribution in [0, 0.1) is 0 Å². The number of nitrogens with one attached hydrogen (secondary N) is 2. The predicted octanol–water partition coefficient (Wildman–Crippen LogP) is -1.39. The Labute approximate surface area is 80.6 Å². The molecule has 14 heavy (non-hydrogen) atoms. The van der Waals surface area contributed by atoms with Crippen LogP contribution in [0.25, 0.3) is 0 Å². The number of hydrogen-bond donors (Lipinski definition) is 2. The quantitative estimate of drug-likeness (QED) is 0.596. The Balaban J connectivity index is 3.18. The molecule has 2 N–H and O–H groups in total. The van der Waals surface area contributed by atoms with Crippen molar-refractivity contribution < 1.29 is 18.0 Å². The van der Waals surface area contributed by atoms with Crippen LogP contribution in [0.4, 0.5) is 4.79 Å². The zero-order valence-electron chi connectivity index (χ0n) is 7.57. The van der Waals surface area contributed by atoms with Crippen LogP contribution >= 0.6 is 0 Å². The first-order valence-electron chi connectivity index (χ1n) is 3.71. The Hall–Kier alpha value is -1.28. The Morgan fingerprint density at radius 3 is 2.43 bits per heavy atom. The number of carbonyl (C=O) groups is 2. The summed E-state index contributed by atoms with van der Waals surface area (Å²) in [5.74, 6) is -0.878. The van der Waals surface area contributed by atoms with Gasteiger partial charge in [-0.05, 0) is 14.0 Å². The molecule has 0 spiro atoms. The normalized spacial score (nSPS) is 23.0. The molecule has 1 unspecified atom stereocenters. The summed E-state index contributed by atoms with van der Waals surface area (Å²) in [4.78, 5) is 25.3. The van der Waals surface area contributed by atoms with Gasteiger partial charge in [0.05, 0.1) is 0 Å². The molecule has 8 heteroatoms. The number of aliphatic imine (C=N–C) groups is 1. The van der Waals surface area contributed by atoms with Gasteiger partial charge in [-0.25, -0.2) is 22.9 Å². The van der Waals surface area contributed by atoms with Gasteiger partial charge in [0.2, 0.25) is 10.0 Å². The highest BCUT2D eigenvalue weighted by atomic mass is 32.2. The van der Waals surface area contributed by atoms with Crippen molar-refractivity contribution in [1.29, 1.82) is 0 Å². The fourth-order valence-corrected chi connectivity index (χ4v) is 2.17. The van der Waals surface area contributed by atoms with E-state index < -0.39 is 27.2 Å². The number of sulfonamides is 1. The third-order valence-electron chi connectivity index (χ3n) is 1.72. The van der Waals surface area contributed by atoms with Crippen molar-refractivity contribution in [2.45, 2.75) is 12.2 Å². The number of urea groups is 1. The first-order chi connectivity index (χ1) is 6.38. The Morgan fingerprint density at radius 2 is 2.00 bits per heavy atom. The molecule has 0 bridgehead atoms. The standard InChI is InChI=1S/C6H9N3O4S/c1-3-4(14(12,13)7-2)5(10)9-6(11)8-3/h4,7H,1-2H3,(H,9,10,11). The van der Waals surface area contributed by atoms with Crippen LogP contribution in [0.3, 0.4) is 0 Å². The van der Waals surface area contributed by atoms with Crippen molar-refractivity contribution >= 4 is 27.7 Å². The Kier molecular flexibility index (Phi) is 2.67. The van der Waals surface area contributed by atoms with Crippen LogP contribution in [-0.2, 0) is 14.8 Å². The summed E-state index contributed by atoms with van der Waals surface area (Å²) in [6, 6.07) is -0.838. The zero-order chi connectivity index (χ0) is 10.9. The van der Waals surface area contributed by atoms with Gasteiger partial charge in [0.1, 0.15) is 0 Å². The molecule has 0 aromatic heterocycles. The fourth-order valence-electron chi connectivity index (χ4n) is 1.09. The molecule has 0 saturated heterocycles. The molecule has 3 amide bonds. The minimum absolute atomic E-state index is 0.0342. The number of rotatable bonds is 2. The van der Waals surface area contributed by atoms with Crippen molar-refractivity contribution in [3.05, 3.63) is 0 Å². The van der Waals surface area contributed by atoms with E-state index in [1.165, 1.54) is 14.0 Å². The lowest BCUT2D eigenvalue weighted by Crippen LogP contribution is -2.52. The van der Waals surface area contributed by atoms with Crippen LogP contribution in [0.2, 0.25) is 0 Å². The molecule has 0 saturated carbocycles. The van der Waals surface area contributed by atoms with Crippen molar-refractivity contribution in [2.24, 2.45) is 4.99 Å². The van der Waals surface area contributed by atoms with E-state index in [-0.39, 0.29) is 5.71 Å². The highest BCUT2D eigenvalue weighted by Crippen LogP contribution is 2.06. The van der Waals surface area contributed by atoms with E-state index in [0.717, 1.165) is 0 Å². The van der Waals surface area contributed by atoms with Crippen molar-refractivity contribution in [2.75, 3.05) is 7.05 Å². The maximum Gasteiger partial charge on any atom is 0.347 e. The molecule has 0 fully saturated rings. The summed E-state index contributed by atoms with van der Waals surface area (Å²) in [5, 5.41) is 0.390. The monoisotopic (exact) mass is 219 g/mol. The highest BCUT2D eigenvalue weighted by molar-refractivity contribution is 7.91. The van der Waals surface area contributed by atoms with E-state index in [1.807, 2.05) is 10.0 Å². The lowest BCUT2D eigenvalue weighted by molar-refractivity contribution is -0.118. The molecule has 1 aliphatic heterocycles. The van der Waals surface area contributed by atoms with Crippen LogP contribution in [0.1, 0.15) is 6.92 Å². The van der Waals surface area contributed by atoms with Gasteiger partial charge < -0.3 is 0 Å². The van der Waals surface area contributed by atoms with E-state index >= 15 is 0 Å². The van der Waals surface area contributed by atoms with Crippen molar-refractivity contribution in [1.82, 2.24) is 10.0 Å². The smallest absolute Gasteiger partial charge is 0.275 e. The topological polar surface area (TPSA) is 105 Å². The number of carbonyl (C=O) groups excluding carboxylic acids is 2. The first kappa shape index (κ1) is 10.8. The molecule has 1 atom stereocenters. The van der Waals surface area contributed by atoms with Gasteiger partial charge in [-0.2, -0.15) is 0 Å². The van der Waals surface area contributed by atoms with Gasteiger partial charge in [-0.15, -0.1) is 0 Å². The summed E-state index contributed by atoms with van der Waals surface area (Å²) >= 11 is 0. The maximum atomic E-state index is 11.3. The summed E-state index contributed by atoms with van der Waals surface area (Å²) < 4.78 is 24.6. The van der Waals surface area contributed by atoms with Crippen molar-refractivity contribution in [3.63, 3.8) is 0 Å². The van der Waals surface area contributed by atoms with E-state index in [2.05, 4.69) is 4.99 Å². The van der Waals surface area contributed by atoms with E-state index in [0.29, 0.717) is 0 Å². The van der Waals surface area contributed by atoms with Gasteiger partial charge >= 0.3 is 6.03 Å². The highest BCUT2D eigenvalue weighted by Gasteiger charge is 2.38. The molecule has 1 heterocycles. The summed E-state index contributed by atoms with van der Waals surface area (Å²) in [6.45, 7) is 1.32. The van der Waals surface area contributed by atoms with Crippen LogP contribution in [-0.4, -0.2) is 38.4 Å². The van der Waals surface area contributed by atoms with Crippen LogP contribution in [0.15, 0.2) is 4.99 Å². The van der Waals surface area contributed by atoms with Gasteiger partial charge in [0.25, 0.3) is 5.91 Å². The first-order valence-corrected chi connectivity index (χ1v) is 5.25. The molecule has 78 valence electrons. The Morgan fingerprint density at radius 1 is 1.43 bits per heavy atom. The third kappa shape index (κ3) is 1.80. The molecule has 0 radical (unpaired) electrons. The largest absolute Gasteiger partial charge is 0.347 e. The third-order valence-corrected chi connectivity index (χ3v) is 3.47. The van der Waals surface area contributed by atoms with E-state index in [9.17, 15) is 18.0 Å². The number of amides is 3. The van der Waals surface area contributed by atoms with E-state index in [1.54, 1.807) is 0 Å². The molecular weight excluding hydrogens is 210 g/mol. The minimum atomic E-state index is -3.79. The lowest BCUT2D eigenvalue weighted by Gasteiger charge is -2.18. The number of imide groups is 1. The fraction of sp³-hybridized carbons (Fsp3) is 0.500. The Bertz CT molecular complexity index is 411. The average molecular weight is 219 g/mol. The lowest BCUT2D eigenvalue weighted by atomic mass is 10.2. The van der Waals surface area contributed by atoms with Crippen LogP contribution in [0.5, 0.6) is 0 Å². The molecular formula is C6H9N3O4S. The zero-order valence-corrected chi connectivity index (χ0v) is 8.38. The molecule has 7 nitrogen and oxygen atoms in total. The van der Waals surface area contributed by atoms with Gasteiger partial charge in [-0.1, -0.05) is 0 Å². The molecule has 0 aromatic rings. The van der Waals surface area contributed by atoms with Crippen molar-refractivity contribution in [3.8, 4) is 0 Å².